The number of aliphatic hydroxyl groups is 1. The molecule has 0 fully saturated rings. The molecule has 0 bridgehead atoms. The zero-order valence-electron chi connectivity index (χ0n) is 14.6. The summed E-state index contributed by atoms with van der Waals surface area (Å²) in [5.74, 6) is -0.446. The fourth-order valence-electron chi connectivity index (χ4n) is 2.48. The molecule has 0 amide bonds. The predicted octanol–water partition coefficient (Wildman–Crippen LogP) is 2.79. The fourth-order valence-corrected chi connectivity index (χ4v) is 2.48. The predicted molar refractivity (Wildman–Crippen MR) is 96.7 cm³/mol. The Labute approximate surface area is 148 Å². The summed E-state index contributed by atoms with van der Waals surface area (Å²) in [6.07, 6.45) is -0.608. The second-order valence-corrected chi connectivity index (χ2v) is 6.09. The van der Waals surface area contributed by atoms with Gasteiger partial charge >= 0.3 is 5.97 Å². The Kier molecular flexibility index (Phi) is 6.98. The van der Waals surface area contributed by atoms with Gasteiger partial charge in [0.15, 0.2) is 6.10 Å². The highest BCUT2D eigenvalue weighted by Gasteiger charge is 2.15. The fraction of sp³-hybridized carbons (Fsp3) is 0.350. The van der Waals surface area contributed by atoms with Crippen molar-refractivity contribution in [3.63, 3.8) is 0 Å². The van der Waals surface area contributed by atoms with Gasteiger partial charge in [0.1, 0.15) is 5.75 Å². The summed E-state index contributed by atoms with van der Waals surface area (Å²) in [6, 6.07) is 16.9. The summed E-state index contributed by atoms with van der Waals surface area (Å²) >= 11 is 0. The van der Waals surface area contributed by atoms with Gasteiger partial charge in [0.2, 0.25) is 0 Å². The number of ether oxygens (including phenoxy) is 1. The molecule has 2 rings (SSSR count). The smallest absolute Gasteiger partial charge is 0.344 e. The quantitative estimate of drug-likeness (QED) is 0.652. The lowest BCUT2D eigenvalue weighted by Crippen LogP contribution is -2.33. The van der Waals surface area contributed by atoms with E-state index in [1.165, 1.54) is 6.92 Å². The maximum absolute atomic E-state index is 10.8. The second kappa shape index (κ2) is 9.20. The number of carboxylic acid groups (broad SMARTS) is 1. The van der Waals surface area contributed by atoms with Crippen molar-refractivity contribution >= 4 is 5.97 Å². The molecule has 134 valence electrons. The molecule has 0 aromatic heterocycles. The number of aliphatic hydroxyl groups excluding tert-OH is 1. The SMILES string of the molecule is C[C@@H](Oc1ccc(CCN[C@H](C)[C@H](O)c2ccccc2)cc1)C(=O)O. The highest BCUT2D eigenvalue weighted by atomic mass is 16.5. The first-order valence-corrected chi connectivity index (χ1v) is 8.42. The van der Waals surface area contributed by atoms with Gasteiger partial charge in [0.25, 0.3) is 0 Å². The molecule has 0 aliphatic carbocycles. The van der Waals surface area contributed by atoms with E-state index in [0.29, 0.717) is 5.75 Å². The van der Waals surface area contributed by atoms with Gasteiger partial charge in [-0.25, -0.2) is 4.79 Å². The summed E-state index contributed by atoms with van der Waals surface area (Å²) in [7, 11) is 0. The molecule has 3 atom stereocenters. The third kappa shape index (κ3) is 5.89. The van der Waals surface area contributed by atoms with Crippen LogP contribution >= 0.6 is 0 Å². The Morgan fingerprint density at radius 2 is 1.72 bits per heavy atom. The van der Waals surface area contributed by atoms with E-state index >= 15 is 0 Å². The molecule has 5 heteroatoms. The molecule has 0 saturated carbocycles. The average Bonchev–Trinajstić information content (AvgIpc) is 2.63. The van der Waals surface area contributed by atoms with Crippen LogP contribution in [0.1, 0.15) is 31.1 Å². The second-order valence-electron chi connectivity index (χ2n) is 6.09. The van der Waals surface area contributed by atoms with Gasteiger partial charge in [-0.2, -0.15) is 0 Å². The van der Waals surface area contributed by atoms with Crippen molar-refractivity contribution in [2.45, 2.75) is 38.5 Å². The first kappa shape index (κ1) is 19.0. The maximum Gasteiger partial charge on any atom is 0.344 e. The van der Waals surface area contributed by atoms with Crippen LogP contribution in [-0.4, -0.2) is 34.9 Å². The summed E-state index contributed by atoms with van der Waals surface area (Å²) in [5, 5.41) is 22.5. The number of aliphatic carboxylic acids is 1. The summed E-state index contributed by atoms with van der Waals surface area (Å²) < 4.78 is 5.31. The van der Waals surface area contributed by atoms with Crippen LogP contribution < -0.4 is 10.1 Å². The van der Waals surface area contributed by atoms with Crippen LogP contribution in [-0.2, 0) is 11.2 Å². The Bertz CT molecular complexity index is 657. The standard InChI is InChI=1S/C20H25NO4/c1-14(19(22)17-6-4-3-5-7-17)21-13-12-16-8-10-18(11-9-16)25-15(2)20(23)24/h3-11,14-15,19,21-22H,12-13H2,1-2H3,(H,23,24)/t14-,15-,19+/m1/s1. The molecule has 5 nitrogen and oxygen atoms in total. The molecule has 0 aliphatic heterocycles. The minimum atomic E-state index is -0.987. The summed E-state index contributed by atoms with van der Waals surface area (Å²) in [6.45, 7) is 4.19. The van der Waals surface area contributed by atoms with E-state index in [9.17, 15) is 9.90 Å². The van der Waals surface area contributed by atoms with Crippen LogP contribution in [0.2, 0.25) is 0 Å². The molecule has 0 heterocycles. The van der Waals surface area contributed by atoms with Crippen molar-refractivity contribution in [3.8, 4) is 5.75 Å². The number of hydrogen-bond acceptors (Lipinski definition) is 4. The molecule has 2 aromatic carbocycles. The Balaban J connectivity index is 1.78. The normalized spacial score (nSPS) is 14.5. The lowest BCUT2D eigenvalue weighted by atomic mass is 10.0. The monoisotopic (exact) mass is 343 g/mol. The molecule has 25 heavy (non-hydrogen) atoms. The van der Waals surface area contributed by atoms with Crippen molar-refractivity contribution < 1.29 is 19.7 Å². The lowest BCUT2D eigenvalue weighted by Gasteiger charge is -2.20. The molecule has 3 N–H and O–H groups in total. The van der Waals surface area contributed by atoms with Crippen LogP contribution in [0.25, 0.3) is 0 Å². The van der Waals surface area contributed by atoms with E-state index in [2.05, 4.69) is 5.32 Å². The summed E-state index contributed by atoms with van der Waals surface area (Å²) in [4.78, 5) is 10.8. The largest absolute Gasteiger partial charge is 0.479 e. The number of hydrogen-bond donors (Lipinski definition) is 3. The van der Waals surface area contributed by atoms with Crippen molar-refractivity contribution in [3.05, 3.63) is 65.7 Å². The van der Waals surface area contributed by atoms with Crippen molar-refractivity contribution in [2.75, 3.05) is 6.54 Å². The van der Waals surface area contributed by atoms with E-state index in [4.69, 9.17) is 9.84 Å². The van der Waals surface area contributed by atoms with Gasteiger partial charge < -0.3 is 20.3 Å². The van der Waals surface area contributed by atoms with Gasteiger partial charge in [0.05, 0.1) is 6.10 Å². The third-order valence-electron chi connectivity index (χ3n) is 4.08. The van der Waals surface area contributed by atoms with E-state index in [-0.39, 0.29) is 6.04 Å². The zero-order valence-corrected chi connectivity index (χ0v) is 14.6. The van der Waals surface area contributed by atoms with Crippen LogP contribution in [0.3, 0.4) is 0 Å². The van der Waals surface area contributed by atoms with Crippen LogP contribution in [0.4, 0.5) is 0 Å². The van der Waals surface area contributed by atoms with Gasteiger partial charge in [-0.3, -0.25) is 0 Å². The van der Waals surface area contributed by atoms with Crippen molar-refractivity contribution in [1.29, 1.82) is 0 Å². The lowest BCUT2D eigenvalue weighted by molar-refractivity contribution is -0.144. The van der Waals surface area contributed by atoms with Gasteiger partial charge in [-0.15, -0.1) is 0 Å². The molecule has 0 unspecified atom stereocenters. The Morgan fingerprint density at radius 3 is 2.32 bits per heavy atom. The number of nitrogens with one attached hydrogen (secondary N) is 1. The first-order valence-electron chi connectivity index (χ1n) is 8.42. The molecule has 0 saturated heterocycles. The maximum atomic E-state index is 10.8. The van der Waals surface area contributed by atoms with Crippen molar-refractivity contribution in [2.24, 2.45) is 0 Å². The molecule has 2 aromatic rings. The molecule has 0 spiro atoms. The first-order chi connectivity index (χ1) is 12.0. The number of rotatable bonds is 9. The van der Waals surface area contributed by atoms with Crippen molar-refractivity contribution in [1.82, 2.24) is 5.32 Å². The minimum absolute atomic E-state index is 0.0542. The highest BCUT2D eigenvalue weighted by Crippen LogP contribution is 2.17. The van der Waals surface area contributed by atoms with E-state index in [0.717, 1.165) is 24.1 Å². The van der Waals surface area contributed by atoms with E-state index in [1.807, 2.05) is 49.4 Å². The van der Waals surface area contributed by atoms with Crippen LogP contribution in [0, 0.1) is 0 Å². The minimum Gasteiger partial charge on any atom is -0.479 e. The highest BCUT2D eigenvalue weighted by molar-refractivity contribution is 5.72. The molecule has 0 radical (unpaired) electrons. The number of benzene rings is 2. The van der Waals surface area contributed by atoms with Gasteiger partial charge in [0, 0.05) is 6.04 Å². The molecular weight excluding hydrogens is 318 g/mol. The summed E-state index contributed by atoms with van der Waals surface area (Å²) in [5.41, 5.74) is 2.01. The Hall–Kier alpha value is -2.37. The van der Waals surface area contributed by atoms with Crippen LogP contribution in [0.15, 0.2) is 54.6 Å². The Morgan fingerprint density at radius 1 is 1.08 bits per heavy atom. The number of carbonyl (C=O) groups is 1. The zero-order chi connectivity index (χ0) is 18.2. The van der Waals surface area contributed by atoms with Gasteiger partial charge in [-0.05, 0) is 50.1 Å². The average molecular weight is 343 g/mol. The topological polar surface area (TPSA) is 78.8 Å². The third-order valence-corrected chi connectivity index (χ3v) is 4.08. The van der Waals surface area contributed by atoms with E-state index < -0.39 is 18.2 Å². The molecule has 0 aliphatic rings. The van der Waals surface area contributed by atoms with Crippen LogP contribution in [0.5, 0.6) is 5.75 Å². The van der Waals surface area contributed by atoms with E-state index in [1.54, 1.807) is 12.1 Å². The molecular formula is C20H25NO4. The number of carboxylic acids is 1. The van der Waals surface area contributed by atoms with Gasteiger partial charge in [-0.1, -0.05) is 42.5 Å².